The molecule has 0 aromatic heterocycles. The number of carbonyl (C=O) groups is 1. The van der Waals surface area contributed by atoms with Crippen molar-refractivity contribution in [2.45, 2.75) is 6.42 Å². The van der Waals surface area contributed by atoms with Gasteiger partial charge in [0.2, 0.25) is 0 Å². The fourth-order valence-electron chi connectivity index (χ4n) is 0.932. The predicted molar refractivity (Wildman–Crippen MR) is 61.1 cm³/mol. The van der Waals surface area contributed by atoms with Gasteiger partial charge in [-0.2, -0.15) is 0 Å². The fourth-order valence-corrected chi connectivity index (χ4v) is 0.932. The first-order chi connectivity index (χ1) is 8.84. The normalized spacial score (nSPS) is 6.47. The van der Waals surface area contributed by atoms with E-state index in [1.54, 1.807) is 12.8 Å². The van der Waals surface area contributed by atoms with Crippen LogP contribution in [0.2, 0.25) is 0 Å². The van der Waals surface area contributed by atoms with Crippen LogP contribution in [0.1, 0.15) is 16.8 Å². The van der Waals surface area contributed by atoms with Gasteiger partial charge in [-0.05, 0) is 19.8 Å². The van der Waals surface area contributed by atoms with Gasteiger partial charge < -0.3 is 0 Å². The molecular formula is C14H11CoO4. The second-order valence-electron chi connectivity index (χ2n) is 2.46. The zero-order chi connectivity index (χ0) is 14.8. The molecule has 0 spiro atoms. The number of Topliss-reactive ketones (excluding diaryl/α,β-unsaturated/α-hetero) is 1. The van der Waals surface area contributed by atoms with Crippen LogP contribution in [0.3, 0.4) is 0 Å². The molecule has 0 atom stereocenters. The van der Waals surface area contributed by atoms with E-state index in [1.165, 1.54) is 0 Å². The van der Waals surface area contributed by atoms with Crippen LogP contribution in [-0.2, 0) is 30.7 Å². The van der Waals surface area contributed by atoms with Crippen LogP contribution in [-0.4, -0.2) is 5.78 Å². The van der Waals surface area contributed by atoms with Gasteiger partial charge in [0.15, 0.2) is 5.78 Å². The molecule has 1 aromatic rings. The van der Waals surface area contributed by atoms with E-state index in [9.17, 15) is 4.79 Å². The molecule has 4 radical (unpaired) electrons. The monoisotopic (exact) mass is 302 g/mol. The van der Waals surface area contributed by atoms with Crippen LogP contribution in [0.5, 0.6) is 0 Å². The Morgan fingerprint density at radius 2 is 1.47 bits per heavy atom. The van der Waals surface area contributed by atoms with Gasteiger partial charge in [0.05, 0.1) is 0 Å². The fraction of sp³-hybridized carbons (Fsp3) is 0.0714. The van der Waals surface area contributed by atoms with E-state index >= 15 is 0 Å². The minimum Gasteiger partial charge on any atom is -0.294 e. The van der Waals surface area contributed by atoms with Crippen LogP contribution < -0.4 is 0 Å². The van der Waals surface area contributed by atoms with Crippen molar-refractivity contribution >= 4 is 5.78 Å². The van der Waals surface area contributed by atoms with Gasteiger partial charge in [-0.3, -0.25) is 4.79 Å². The summed E-state index contributed by atoms with van der Waals surface area (Å²) in [7, 11) is 0. The van der Waals surface area contributed by atoms with E-state index in [-0.39, 0.29) is 22.6 Å². The first kappa shape index (κ1) is 26.2. The molecule has 19 heavy (non-hydrogen) atoms. The summed E-state index contributed by atoms with van der Waals surface area (Å²) in [5.41, 5.74) is 0.760. The number of unbranched alkanes of at least 4 members (excludes halogenated alkanes) is 1. The molecule has 0 aliphatic rings. The molecule has 4 nitrogen and oxygen atoms in total. The van der Waals surface area contributed by atoms with Gasteiger partial charge in [0.25, 0.3) is 0 Å². The molecule has 0 N–H and O–H groups in total. The Bertz CT molecular complexity index is 340. The van der Waals surface area contributed by atoms with E-state index in [1.807, 2.05) is 30.3 Å². The minimum atomic E-state index is 0. The summed E-state index contributed by atoms with van der Waals surface area (Å²) < 4.78 is 22.5. The van der Waals surface area contributed by atoms with E-state index in [4.69, 9.17) is 14.0 Å². The zero-order valence-corrected chi connectivity index (χ0v) is 11.0. The number of hydrogen-bond donors (Lipinski definition) is 0. The van der Waals surface area contributed by atoms with Crippen LogP contribution in [0.25, 0.3) is 0 Å². The van der Waals surface area contributed by atoms with E-state index < -0.39 is 0 Å². The summed E-state index contributed by atoms with van der Waals surface area (Å²) in [6.07, 6.45) is 3.84. The maximum absolute atomic E-state index is 11.3. The van der Waals surface area contributed by atoms with Crippen molar-refractivity contribution in [2.24, 2.45) is 0 Å². The number of rotatable bonds is 4. The molecule has 5 heteroatoms. The number of hydrogen-bond acceptors (Lipinski definition) is 1. The predicted octanol–water partition coefficient (Wildman–Crippen LogP) is 2.39. The third kappa shape index (κ3) is 16.6. The molecule has 0 saturated carbocycles. The van der Waals surface area contributed by atoms with E-state index in [2.05, 4.69) is 26.9 Å². The SMILES string of the molecule is [C-]#[O+].[C-]#[O+].[C-]#[O+].[CH2][CH][CH]CC(=O)c1ccccc1.[Co]. The summed E-state index contributed by atoms with van der Waals surface area (Å²) in [4.78, 5) is 11.3. The Morgan fingerprint density at radius 3 is 1.84 bits per heavy atom. The van der Waals surface area contributed by atoms with Crippen molar-refractivity contribution < 1.29 is 35.5 Å². The Hall–Kier alpha value is -1.38. The molecule has 1 rings (SSSR count). The first-order valence-electron chi connectivity index (χ1n) is 4.48. The summed E-state index contributed by atoms with van der Waals surface area (Å²) >= 11 is 0. The maximum atomic E-state index is 11.3. The maximum Gasteiger partial charge on any atom is 0.163 e. The van der Waals surface area contributed by atoms with E-state index in [0.29, 0.717) is 6.42 Å². The van der Waals surface area contributed by atoms with Crippen LogP contribution in [0.4, 0.5) is 0 Å². The van der Waals surface area contributed by atoms with Crippen LogP contribution >= 0.6 is 0 Å². The molecule has 0 fully saturated rings. The largest absolute Gasteiger partial charge is 0.294 e. The van der Waals surface area contributed by atoms with Gasteiger partial charge in [-0.1, -0.05) is 30.3 Å². The number of carbonyl (C=O) groups excluding carboxylic acids is 1. The Morgan fingerprint density at radius 1 is 1.05 bits per heavy atom. The average Bonchev–Trinajstić information content (AvgIpc) is 2.51. The second-order valence-corrected chi connectivity index (χ2v) is 2.46. The van der Waals surface area contributed by atoms with Gasteiger partial charge >= 0.3 is 33.9 Å². The Kier molecular flexibility index (Phi) is 35.2. The Labute approximate surface area is 123 Å². The van der Waals surface area contributed by atoms with E-state index in [0.717, 1.165) is 5.56 Å². The average molecular weight is 302 g/mol. The molecule has 0 heterocycles. The molecule has 0 aliphatic heterocycles. The van der Waals surface area contributed by atoms with Crippen molar-refractivity contribution in [1.29, 1.82) is 0 Å². The first-order valence-corrected chi connectivity index (χ1v) is 4.48. The summed E-state index contributed by atoms with van der Waals surface area (Å²) in [6.45, 7) is 17.0. The van der Waals surface area contributed by atoms with Gasteiger partial charge in [-0.15, -0.1) is 0 Å². The second kappa shape index (κ2) is 25.5. The standard InChI is InChI=1S/C11H11O.3CO.Co/c1-2-3-9-11(12)10-7-5-4-6-8-10;3*1-2;/h2-8H,1,9H2;;;;. The summed E-state index contributed by atoms with van der Waals surface area (Å²) in [6, 6.07) is 9.26. The van der Waals surface area contributed by atoms with Crippen molar-refractivity contribution in [3.05, 3.63) is 75.6 Å². The number of benzene rings is 1. The van der Waals surface area contributed by atoms with Gasteiger partial charge in [0, 0.05) is 28.8 Å². The van der Waals surface area contributed by atoms with Crippen molar-refractivity contribution in [2.75, 3.05) is 0 Å². The zero-order valence-electron chi connectivity index (χ0n) is 9.92. The van der Waals surface area contributed by atoms with Crippen molar-refractivity contribution in [1.82, 2.24) is 0 Å². The van der Waals surface area contributed by atoms with Crippen molar-refractivity contribution in [3.63, 3.8) is 0 Å². The van der Waals surface area contributed by atoms with Gasteiger partial charge in [-0.25, -0.2) is 0 Å². The molecule has 0 aliphatic carbocycles. The summed E-state index contributed by atoms with van der Waals surface area (Å²) in [5.74, 6) is 0.135. The molecule has 0 bridgehead atoms. The van der Waals surface area contributed by atoms with Gasteiger partial charge in [0.1, 0.15) is 0 Å². The Balaban J connectivity index is -0.000000142. The molecule has 1 aromatic carbocycles. The topological polar surface area (TPSA) is 76.8 Å². The van der Waals surface area contributed by atoms with Crippen LogP contribution in [0, 0.1) is 39.7 Å². The smallest absolute Gasteiger partial charge is 0.163 e. The molecule has 0 unspecified atom stereocenters. The third-order valence-electron chi connectivity index (χ3n) is 1.57. The quantitative estimate of drug-likeness (QED) is 0.478. The van der Waals surface area contributed by atoms with Crippen molar-refractivity contribution in [3.8, 4) is 0 Å². The third-order valence-corrected chi connectivity index (χ3v) is 1.57. The molecule has 0 saturated heterocycles. The molecule has 100 valence electrons. The summed E-state index contributed by atoms with van der Waals surface area (Å²) in [5, 5.41) is 0. The minimum absolute atomic E-state index is 0. The molecule has 0 amide bonds. The molecular weight excluding hydrogens is 291 g/mol. The number of ketones is 1. The van der Waals surface area contributed by atoms with Crippen LogP contribution in [0.15, 0.2) is 30.3 Å².